The minimum atomic E-state index is -3.09. The summed E-state index contributed by atoms with van der Waals surface area (Å²) in [6.45, 7) is -0.647. The average Bonchev–Trinajstić information content (AvgIpc) is 2.92. The molecule has 0 spiro atoms. The van der Waals surface area contributed by atoms with Gasteiger partial charge in [0.05, 0.1) is 6.61 Å². The Labute approximate surface area is 111 Å². The first-order valence-corrected chi connectivity index (χ1v) is 5.77. The van der Waals surface area contributed by atoms with Crippen molar-refractivity contribution < 1.29 is 24.4 Å². The molecule has 0 radical (unpaired) electrons. The van der Waals surface area contributed by atoms with Crippen molar-refractivity contribution in [3.8, 4) is 0 Å². The van der Waals surface area contributed by atoms with Crippen LogP contribution in [0.5, 0.6) is 0 Å². The molecule has 20 heavy (non-hydrogen) atoms. The molecule has 108 valence electrons. The number of aromatic amines is 1. The maximum Gasteiger partial charge on any atom is 0.269 e. The number of imidazole rings is 1. The van der Waals surface area contributed by atoms with Gasteiger partial charge in [0.2, 0.25) is 0 Å². The molecule has 1 fully saturated rings. The molecule has 0 bridgehead atoms. The van der Waals surface area contributed by atoms with Gasteiger partial charge < -0.3 is 30.8 Å². The van der Waals surface area contributed by atoms with Crippen LogP contribution in [0.15, 0.2) is 6.33 Å². The van der Waals surface area contributed by atoms with Crippen LogP contribution in [-0.4, -0.2) is 59.9 Å². The summed E-state index contributed by atoms with van der Waals surface area (Å²) in [5.41, 5.74) is 6.05. The number of aliphatic hydroxyl groups excluding tert-OH is 2. The zero-order valence-electron chi connectivity index (χ0n) is 10.1. The van der Waals surface area contributed by atoms with Crippen molar-refractivity contribution in [3.63, 3.8) is 0 Å². The largest absolute Gasteiger partial charge is 0.394 e. The van der Waals surface area contributed by atoms with Crippen molar-refractivity contribution in [1.29, 1.82) is 0 Å². The van der Waals surface area contributed by atoms with E-state index in [2.05, 4.69) is 19.9 Å². The fourth-order valence-corrected chi connectivity index (χ4v) is 2.15. The summed E-state index contributed by atoms with van der Waals surface area (Å²) >= 11 is 0. The molecular weight excluding hydrogens is 273 g/mol. The quantitative estimate of drug-likeness (QED) is 0.442. The fourth-order valence-electron chi connectivity index (χ4n) is 2.15. The minimum absolute atomic E-state index is 0.104. The van der Waals surface area contributed by atoms with Crippen LogP contribution in [0.25, 0.3) is 11.2 Å². The molecule has 2 aromatic heterocycles. The fraction of sp³-hybridized carbons (Fsp3) is 0.500. The van der Waals surface area contributed by atoms with Crippen LogP contribution in [0, 0.1) is 0 Å². The first-order chi connectivity index (χ1) is 9.45. The Morgan fingerprint density at radius 3 is 2.85 bits per heavy atom. The Morgan fingerprint density at radius 1 is 1.50 bits per heavy atom. The number of rotatable bonds is 2. The van der Waals surface area contributed by atoms with Crippen molar-refractivity contribution in [3.05, 3.63) is 12.2 Å². The van der Waals surface area contributed by atoms with E-state index in [9.17, 15) is 14.6 Å². The molecule has 0 aromatic carbocycles. The van der Waals surface area contributed by atoms with Crippen LogP contribution < -0.4 is 5.73 Å². The maximum atomic E-state index is 14.2. The summed E-state index contributed by atoms with van der Waals surface area (Å²) in [7, 11) is 0. The number of halogens is 1. The van der Waals surface area contributed by atoms with Gasteiger partial charge in [-0.05, 0) is 0 Å². The molecule has 1 aliphatic rings. The number of alkyl halides is 1. The Hall–Kier alpha value is -1.88. The summed E-state index contributed by atoms with van der Waals surface area (Å²) in [6.07, 6.45) is -3.56. The third-order valence-electron chi connectivity index (χ3n) is 3.21. The second-order valence-electron chi connectivity index (χ2n) is 4.49. The molecule has 3 heterocycles. The second kappa shape index (κ2) is 4.31. The van der Waals surface area contributed by atoms with Crippen molar-refractivity contribution in [2.24, 2.45) is 0 Å². The molecule has 1 aliphatic heterocycles. The van der Waals surface area contributed by atoms with Crippen molar-refractivity contribution in [2.45, 2.75) is 24.2 Å². The first kappa shape index (κ1) is 13.1. The number of aliphatic hydroxyl groups is 3. The van der Waals surface area contributed by atoms with Crippen molar-refractivity contribution in [2.75, 3.05) is 12.3 Å². The van der Waals surface area contributed by atoms with E-state index in [0.717, 1.165) is 0 Å². The number of fused-ring (bicyclic) bond motifs is 1. The highest BCUT2D eigenvalue weighted by atomic mass is 19.2. The average molecular weight is 285 g/mol. The molecule has 2 aromatic rings. The predicted molar refractivity (Wildman–Crippen MR) is 62.9 cm³/mol. The lowest BCUT2D eigenvalue weighted by atomic mass is 10.1. The van der Waals surface area contributed by atoms with Crippen LogP contribution in [0.1, 0.15) is 11.9 Å². The molecule has 6 N–H and O–H groups in total. The van der Waals surface area contributed by atoms with Gasteiger partial charge in [0.15, 0.2) is 17.6 Å². The van der Waals surface area contributed by atoms with Gasteiger partial charge in [0.1, 0.15) is 29.9 Å². The first-order valence-electron chi connectivity index (χ1n) is 5.77. The van der Waals surface area contributed by atoms with Crippen molar-refractivity contribution in [1.82, 2.24) is 19.9 Å². The summed E-state index contributed by atoms with van der Waals surface area (Å²) in [4.78, 5) is 14.2. The standard InChI is InChI=1S/C10H12FN5O4/c11-10(19)5(18)3(1-17)20-6(10)9-15-4-7(12)13-2-14-8(4)16-9/h2-3,5-6,17-19H,1H2,(H3,12,13,14,15,16)/t3-,5-,6?,10+/m1/s1. The molecule has 1 saturated heterocycles. The van der Waals surface area contributed by atoms with E-state index in [-0.39, 0.29) is 22.8 Å². The van der Waals surface area contributed by atoms with E-state index >= 15 is 0 Å². The van der Waals surface area contributed by atoms with E-state index < -0.39 is 30.8 Å². The molecule has 4 atom stereocenters. The lowest BCUT2D eigenvalue weighted by Gasteiger charge is -2.20. The normalized spacial score (nSPS) is 33.9. The van der Waals surface area contributed by atoms with Crippen LogP contribution in [0.3, 0.4) is 0 Å². The van der Waals surface area contributed by atoms with Crippen molar-refractivity contribution >= 4 is 17.0 Å². The van der Waals surface area contributed by atoms with Gasteiger partial charge in [-0.15, -0.1) is 0 Å². The molecule has 0 aliphatic carbocycles. The summed E-state index contributed by atoms with van der Waals surface area (Å²) in [5.74, 6) is -3.09. The molecule has 0 saturated carbocycles. The van der Waals surface area contributed by atoms with Gasteiger partial charge >= 0.3 is 0 Å². The van der Waals surface area contributed by atoms with Gasteiger partial charge in [0.25, 0.3) is 5.85 Å². The number of hydrogen-bond donors (Lipinski definition) is 5. The molecule has 9 nitrogen and oxygen atoms in total. The summed E-state index contributed by atoms with van der Waals surface area (Å²) in [5, 5.41) is 28.2. The third kappa shape index (κ3) is 1.73. The Kier molecular flexibility index (Phi) is 2.83. The van der Waals surface area contributed by atoms with E-state index in [0.29, 0.717) is 0 Å². The van der Waals surface area contributed by atoms with Gasteiger partial charge in [-0.1, -0.05) is 0 Å². The third-order valence-corrected chi connectivity index (χ3v) is 3.21. The van der Waals surface area contributed by atoms with E-state index in [4.69, 9.17) is 15.6 Å². The SMILES string of the molecule is Nc1ncnc2nc(C3O[C@H](CO)[C@@H](O)[C@@]3(O)F)[nH]c12. The number of hydrogen-bond acceptors (Lipinski definition) is 8. The predicted octanol–water partition coefficient (Wildman–Crippen LogP) is -1.61. The lowest BCUT2D eigenvalue weighted by molar-refractivity contribution is -0.177. The highest BCUT2D eigenvalue weighted by Crippen LogP contribution is 2.42. The number of anilines is 1. The van der Waals surface area contributed by atoms with Gasteiger partial charge in [-0.25, -0.2) is 19.3 Å². The molecule has 1 unspecified atom stereocenters. The van der Waals surface area contributed by atoms with Crippen LogP contribution in [0.4, 0.5) is 10.2 Å². The number of H-pyrrole nitrogens is 1. The number of nitrogen functional groups attached to an aromatic ring is 1. The smallest absolute Gasteiger partial charge is 0.269 e. The Balaban J connectivity index is 2.05. The topological polar surface area (TPSA) is 150 Å². The highest BCUT2D eigenvalue weighted by Gasteiger charge is 2.58. The number of nitrogens with two attached hydrogens (primary N) is 1. The zero-order chi connectivity index (χ0) is 14.5. The monoisotopic (exact) mass is 285 g/mol. The van der Waals surface area contributed by atoms with Crippen LogP contribution in [0.2, 0.25) is 0 Å². The zero-order valence-corrected chi connectivity index (χ0v) is 10.1. The summed E-state index contributed by atoms with van der Waals surface area (Å²) in [6, 6.07) is 0. The van der Waals surface area contributed by atoms with Gasteiger partial charge in [-0.3, -0.25) is 0 Å². The van der Waals surface area contributed by atoms with E-state index in [1.165, 1.54) is 6.33 Å². The molecule has 0 amide bonds. The van der Waals surface area contributed by atoms with Gasteiger partial charge in [-0.2, -0.15) is 0 Å². The second-order valence-corrected chi connectivity index (χ2v) is 4.49. The number of nitrogens with one attached hydrogen (secondary N) is 1. The molecule has 3 rings (SSSR count). The van der Waals surface area contributed by atoms with Gasteiger partial charge in [0, 0.05) is 0 Å². The molecule has 10 heteroatoms. The Morgan fingerprint density at radius 2 is 2.25 bits per heavy atom. The van der Waals surface area contributed by atoms with Crippen LogP contribution >= 0.6 is 0 Å². The number of nitrogens with zero attached hydrogens (tertiary/aromatic N) is 3. The summed E-state index contributed by atoms with van der Waals surface area (Å²) < 4.78 is 19.2. The van der Waals surface area contributed by atoms with E-state index in [1.54, 1.807) is 0 Å². The lowest BCUT2D eigenvalue weighted by Crippen LogP contribution is -2.41. The number of ether oxygens (including phenoxy) is 1. The minimum Gasteiger partial charge on any atom is -0.394 e. The maximum absolute atomic E-state index is 14.2. The molecular formula is C10H12FN5O4. The highest BCUT2D eigenvalue weighted by molar-refractivity contribution is 5.81. The van der Waals surface area contributed by atoms with Crippen LogP contribution in [-0.2, 0) is 4.74 Å². The Bertz CT molecular complexity index is 648. The number of aromatic nitrogens is 4. The van der Waals surface area contributed by atoms with E-state index in [1.807, 2.05) is 0 Å².